The van der Waals surface area contributed by atoms with E-state index in [1.807, 2.05) is 32.0 Å². The van der Waals surface area contributed by atoms with E-state index in [0.29, 0.717) is 11.8 Å². The van der Waals surface area contributed by atoms with Crippen LogP contribution in [0.1, 0.15) is 39.5 Å². The maximum Gasteiger partial charge on any atom is 0.146 e. The van der Waals surface area contributed by atoms with Crippen molar-refractivity contribution in [1.82, 2.24) is 0 Å². The van der Waals surface area contributed by atoms with Crippen LogP contribution in [0.4, 0.5) is 5.69 Å². The summed E-state index contributed by atoms with van der Waals surface area (Å²) in [6.07, 6.45) is 5.23. The summed E-state index contributed by atoms with van der Waals surface area (Å²) < 4.78 is 11.6. The first-order chi connectivity index (χ1) is 8.16. The number of benzene rings is 1. The molecule has 0 saturated heterocycles. The third-order valence-electron chi connectivity index (χ3n) is 2.98. The molecule has 0 aliphatic heterocycles. The minimum absolute atomic E-state index is 0.124. The highest BCUT2D eigenvalue weighted by molar-refractivity contribution is 5.62. The lowest BCUT2D eigenvalue weighted by Gasteiger charge is -2.18. The summed E-state index contributed by atoms with van der Waals surface area (Å²) in [6, 6.07) is 5.73. The lowest BCUT2D eigenvalue weighted by atomic mass is 10.2. The lowest BCUT2D eigenvalue weighted by molar-refractivity contribution is 0.208. The minimum Gasteiger partial charge on any atom is -0.489 e. The molecule has 2 rings (SSSR count). The van der Waals surface area contributed by atoms with Crippen LogP contribution in [0.5, 0.6) is 11.5 Å². The molecule has 0 spiro atoms. The van der Waals surface area contributed by atoms with E-state index in [-0.39, 0.29) is 6.10 Å². The molecular weight excluding hydrogens is 214 g/mol. The summed E-state index contributed by atoms with van der Waals surface area (Å²) in [5, 5.41) is 0. The van der Waals surface area contributed by atoms with Gasteiger partial charge in [0.1, 0.15) is 17.2 Å². The van der Waals surface area contributed by atoms with Crippen LogP contribution in [0, 0.1) is 0 Å². The van der Waals surface area contributed by atoms with Crippen LogP contribution in [0.25, 0.3) is 0 Å². The summed E-state index contributed by atoms with van der Waals surface area (Å²) in [5.74, 6) is 1.48. The summed E-state index contributed by atoms with van der Waals surface area (Å²) in [7, 11) is 0. The van der Waals surface area contributed by atoms with E-state index in [4.69, 9.17) is 15.2 Å². The van der Waals surface area contributed by atoms with Gasteiger partial charge >= 0.3 is 0 Å². The smallest absolute Gasteiger partial charge is 0.146 e. The molecule has 1 aliphatic rings. The number of ether oxygens (including phenoxy) is 2. The van der Waals surface area contributed by atoms with Crippen molar-refractivity contribution in [2.45, 2.75) is 51.7 Å². The number of anilines is 1. The molecule has 1 aromatic carbocycles. The van der Waals surface area contributed by atoms with E-state index in [1.165, 1.54) is 12.8 Å². The minimum atomic E-state index is 0.124. The maximum absolute atomic E-state index is 6.06. The van der Waals surface area contributed by atoms with E-state index in [9.17, 15) is 0 Å². The fourth-order valence-electron chi connectivity index (χ4n) is 2.17. The molecule has 1 fully saturated rings. The number of para-hydroxylation sites is 1. The third kappa shape index (κ3) is 3.05. The molecule has 3 heteroatoms. The number of hydrogen-bond acceptors (Lipinski definition) is 3. The van der Waals surface area contributed by atoms with E-state index in [2.05, 4.69) is 0 Å². The van der Waals surface area contributed by atoms with Gasteiger partial charge < -0.3 is 15.2 Å². The van der Waals surface area contributed by atoms with Gasteiger partial charge in [0.15, 0.2) is 0 Å². The van der Waals surface area contributed by atoms with Crippen LogP contribution in [0.15, 0.2) is 18.2 Å². The number of rotatable bonds is 4. The van der Waals surface area contributed by atoms with Gasteiger partial charge in [0.25, 0.3) is 0 Å². The van der Waals surface area contributed by atoms with Crippen molar-refractivity contribution in [2.75, 3.05) is 5.73 Å². The Morgan fingerprint density at radius 2 is 1.82 bits per heavy atom. The summed E-state index contributed by atoms with van der Waals surface area (Å²) in [5.41, 5.74) is 6.68. The summed E-state index contributed by atoms with van der Waals surface area (Å²) >= 11 is 0. The molecule has 0 atom stereocenters. The molecule has 0 aromatic heterocycles. The standard InChI is InChI=1S/C14H21NO2/c1-10(2)16-12-8-5-9-13(14(12)15)17-11-6-3-4-7-11/h5,8-11H,3-4,6-7,15H2,1-2H3. The second kappa shape index (κ2) is 5.30. The first kappa shape index (κ1) is 12.1. The van der Waals surface area contributed by atoms with Crippen molar-refractivity contribution >= 4 is 5.69 Å². The highest BCUT2D eigenvalue weighted by atomic mass is 16.5. The van der Waals surface area contributed by atoms with Crippen LogP contribution in [-0.2, 0) is 0 Å². The zero-order valence-corrected chi connectivity index (χ0v) is 10.6. The highest BCUT2D eigenvalue weighted by Gasteiger charge is 2.18. The zero-order chi connectivity index (χ0) is 12.3. The molecule has 0 bridgehead atoms. The number of hydrogen-bond donors (Lipinski definition) is 1. The number of nitrogens with two attached hydrogens (primary N) is 1. The quantitative estimate of drug-likeness (QED) is 0.814. The van der Waals surface area contributed by atoms with Crippen molar-refractivity contribution in [2.24, 2.45) is 0 Å². The SMILES string of the molecule is CC(C)Oc1cccc(OC2CCCC2)c1N. The molecule has 0 unspecified atom stereocenters. The second-order valence-electron chi connectivity index (χ2n) is 4.86. The van der Waals surface area contributed by atoms with Gasteiger partial charge in [-0.1, -0.05) is 6.07 Å². The second-order valence-corrected chi connectivity index (χ2v) is 4.86. The average molecular weight is 235 g/mol. The monoisotopic (exact) mass is 235 g/mol. The Balaban J connectivity index is 2.10. The van der Waals surface area contributed by atoms with Crippen molar-refractivity contribution in [1.29, 1.82) is 0 Å². The fourth-order valence-corrected chi connectivity index (χ4v) is 2.17. The largest absolute Gasteiger partial charge is 0.489 e. The zero-order valence-electron chi connectivity index (χ0n) is 10.6. The van der Waals surface area contributed by atoms with Crippen LogP contribution >= 0.6 is 0 Å². The van der Waals surface area contributed by atoms with Gasteiger partial charge in [-0.25, -0.2) is 0 Å². The first-order valence-electron chi connectivity index (χ1n) is 6.38. The van der Waals surface area contributed by atoms with Gasteiger partial charge in [0, 0.05) is 0 Å². The van der Waals surface area contributed by atoms with E-state index in [0.717, 1.165) is 24.3 Å². The van der Waals surface area contributed by atoms with Crippen LogP contribution in [0.3, 0.4) is 0 Å². The van der Waals surface area contributed by atoms with Gasteiger partial charge in [-0.3, -0.25) is 0 Å². The Morgan fingerprint density at radius 1 is 1.18 bits per heavy atom. The molecule has 1 saturated carbocycles. The number of nitrogen functional groups attached to an aromatic ring is 1. The van der Waals surface area contributed by atoms with Crippen molar-refractivity contribution < 1.29 is 9.47 Å². The van der Waals surface area contributed by atoms with Gasteiger partial charge in [-0.15, -0.1) is 0 Å². The van der Waals surface area contributed by atoms with Gasteiger partial charge in [0.2, 0.25) is 0 Å². The average Bonchev–Trinajstić information content (AvgIpc) is 2.76. The Morgan fingerprint density at radius 3 is 2.47 bits per heavy atom. The molecule has 0 heterocycles. The summed E-state index contributed by atoms with van der Waals surface area (Å²) in [6.45, 7) is 3.98. The molecule has 94 valence electrons. The highest BCUT2D eigenvalue weighted by Crippen LogP contribution is 2.34. The Kier molecular flexibility index (Phi) is 3.77. The van der Waals surface area contributed by atoms with E-state index >= 15 is 0 Å². The first-order valence-corrected chi connectivity index (χ1v) is 6.38. The van der Waals surface area contributed by atoms with Crippen molar-refractivity contribution in [3.8, 4) is 11.5 Å². The summed E-state index contributed by atoms with van der Waals surface area (Å²) in [4.78, 5) is 0. The van der Waals surface area contributed by atoms with Gasteiger partial charge in [0.05, 0.1) is 12.2 Å². The molecule has 1 aliphatic carbocycles. The third-order valence-corrected chi connectivity index (χ3v) is 2.98. The van der Waals surface area contributed by atoms with E-state index < -0.39 is 0 Å². The fraction of sp³-hybridized carbons (Fsp3) is 0.571. The van der Waals surface area contributed by atoms with Crippen LogP contribution in [0.2, 0.25) is 0 Å². The maximum atomic E-state index is 6.06. The Hall–Kier alpha value is -1.38. The topological polar surface area (TPSA) is 44.5 Å². The molecule has 0 radical (unpaired) electrons. The van der Waals surface area contributed by atoms with E-state index in [1.54, 1.807) is 0 Å². The molecule has 2 N–H and O–H groups in total. The molecule has 17 heavy (non-hydrogen) atoms. The van der Waals surface area contributed by atoms with Gasteiger partial charge in [-0.05, 0) is 51.7 Å². The molecule has 1 aromatic rings. The molecule has 3 nitrogen and oxygen atoms in total. The van der Waals surface area contributed by atoms with Crippen molar-refractivity contribution in [3.63, 3.8) is 0 Å². The normalized spacial score (nSPS) is 16.4. The lowest BCUT2D eigenvalue weighted by Crippen LogP contribution is -2.13. The molecular formula is C14H21NO2. The van der Waals surface area contributed by atoms with Gasteiger partial charge in [-0.2, -0.15) is 0 Å². The predicted molar refractivity (Wildman–Crippen MR) is 69.5 cm³/mol. The predicted octanol–water partition coefficient (Wildman–Crippen LogP) is 3.38. The Bertz CT molecular complexity index is 370. The Labute approximate surface area is 103 Å². The van der Waals surface area contributed by atoms with Crippen molar-refractivity contribution in [3.05, 3.63) is 18.2 Å². The molecule has 0 amide bonds. The van der Waals surface area contributed by atoms with Crippen LogP contribution < -0.4 is 15.2 Å². The van der Waals surface area contributed by atoms with Crippen LogP contribution in [-0.4, -0.2) is 12.2 Å².